The molecule has 2 N–H and O–H groups in total. The van der Waals surface area contributed by atoms with Crippen molar-refractivity contribution in [2.24, 2.45) is 0 Å². The first kappa shape index (κ1) is 10.2. The Kier molecular flexibility index (Phi) is 3.31. The van der Waals surface area contributed by atoms with Gasteiger partial charge in [-0.1, -0.05) is 0 Å². The highest BCUT2D eigenvalue weighted by atomic mass is 32.2. The number of rotatable bonds is 2. The minimum atomic E-state index is -3.43. The molecule has 0 aliphatic heterocycles. The van der Waals surface area contributed by atoms with Crippen LogP contribution in [0.5, 0.6) is 0 Å². The summed E-state index contributed by atoms with van der Waals surface area (Å²) >= 11 is 0. The van der Waals surface area contributed by atoms with E-state index < -0.39 is 16.1 Å². The summed E-state index contributed by atoms with van der Waals surface area (Å²) in [6, 6.07) is -0.765. The summed E-state index contributed by atoms with van der Waals surface area (Å²) in [5.74, 6) is 0. The van der Waals surface area contributed by atoms with E-state index in [1.54, 1.807) is 18.6 Å². The molecule has 0 atom stereocenters. The second-order valence-electron chi connectivity index (χ2n) is 2.50. The van der Waals surface area contributed by atoms with Gasteiger partial charge in [0.25, 0.3) is 0 Å². The zero-order valence-electron chi connectivity index (χ0n) is 6.71. The molecule has 0 aromatic carbocycles. The SMILES string of the molecule is CC(C)NC(=O)NS(C)(=O)=O. The average molecular weight is 180 g/mol. The first-order valence-corrected chi connectivity index (χ1v) is 4.98. The van der Waals surface area contributed by atoms with Crippen LogP contribution in [0.2, 0.25) is 0 Å². The number of carbonyl (C=O) groups is 1. The van der Waals surface area contributed by atoms with E-state index in [4.69, 9.17) is 0 Å². The third kappa shape index (κ3) is 7.11. The van der Waals surface area contributed by atoms with Gasteiger partial charge in [0.1, 0.15) is 0 Å². The molecule has 0 aliphatic rings. The minimum Gasteiger partial charge on any atom is -0.335 e. The lowest BCUT2D eigenvalue weighted by molar-refractivity contribution is 0.243. The molecule has 0 heterocycles. The Balaban J connectivity index is 3.91. The highest BCUT2D eigenvalue weighted by Crippen LogP contribution is 1.78. The van der Waals surface area contributed by atoms with E-state index in [-0.39, 0.29) is 6.04 Å². The molecule has 0 rings (SSSR count). The van der Waals surface area contributed by atoms with E-state index in [9.17, 15) is 13.2 Å². The Morgan fingerprint density at radius 1 is 1.36 bits per heavy atom. The standard InChI is InChI=1S/C5H12N2O3S/c1-4(2)6-5(8)7-11(3,9)10/h4H,1-3H3,(H2,6,7,8). The number of amides is 2. The van der Waals surface area contributed by atoms with Crippen molar-refractivity contribution in [3.8, 4) is 0 Å². The monoisotopic (exact) mass is 180 g/mol. The van der Waals surface area contributed by atoms with Gasteiger partial charge in [-0.05, 0) is 13.8 Å². The summed E-state index contributed by atoms with van der Waals surface area (Å²) in [6.45, 7) is 3.48. The summed E-state index contributed by atoms with van der Waals surface area (Å²) in [5.41, 5.74) is 0. The third-order valence-electron chi connectivity index (χ3n) is 0.698. The van der Waals surface area contributed by atoms with Crippen LogP contribution in [0.3, 0.4) is 0 Å². The van der Waals surface area contributed by atoms with Gasteiger partial charge in [0.15, 0.2) is 0 Å². The predicted molar refractivity (Wildman–Crippen MR) is 41.6 cm³/mol. The molecular weight excluding hydrogens is 168 g/mol. The molecule has 0 saturated heterocycles. The minimum absolute atomic E-state index is 0.0725. The van der Waals surface area contributed by atoms with Crippen LogP contribution in [-0.2, 0) is 10.0 Å². The Labute approximate surface area is 66.2 Å². The van der Waals surface area contributed by atoms with E-state index in [2.05, 4.69) is 5.32 Å². The Morgan fingerprint density at radius 3 is 2.09 bits per heavy atom. The maximum absolute atomic E-state index is 10.7. The van der Waals surface area contributed by atoms with Crippen molar-refractivity contribution in [1.82, 2.24) is 10.0 Å². The van der Waals surface area contributed by atoms with Gasteiger partial charge >= 0.3 is 6.03 Å². The van der Waals surface area contributed by atoms with Crippen molar-refractivity contribution in [1.29, 1.82) is 0 Å². The lowest BCUT2D eigenvalue weighted by atomic mass is 10.4. The molecular formula is C5H12N2O3S. The van der Waals surface area contributed by atoms with Crippen molar-refractivity contribution < 1.29 is 13.2 Å². The molecule has 5 nitrogen and oxygen atoms in total. The molecule has 66 valence electrons. The van der Waals surface area contributed by atoms with E-state index in [1.165, 1.54) is 0 Å². The molecule has 0 bridgehead atoms. The zero-order valence-corrected chi connectivity index (χ0v) is 7.53. The Hall–Kier alpha value is -0.780. The predicted octanol–water partition coefficient (Wildman–Crippen LogP) is -0.346. The molecule has 0 unspecified atom stereocenters. The molecule has 0 aliphatic carbocycles. The molecule has 2 amide bonds. The summed E-state index contributed by atoms with van der Waals surface area (Å²) in [4.78, 5) is 10.7. The van der Waals surface area contributed by atoms with Crippen LogP contribution in [0, 0.1) is 0 Å². The fourth-order valence-corrected chi connectivity index (χ4v) is 0.856. The second-order valence-corrected chi connectivity index (χ2v) is 4.25. The number of carbonyl (C=O) groups excluding carboxylic acids is 1. The van der Waals surface area contributed by atoms with Crippen LogP contribution in [-0.4, -0.2) is 26.7 Å². The molecule has 0 radical (unpaired) electrons. The van der Waals surface area contributed by atoms with Gasteiger partial charge in [-0.2, -0.15) is 0 Å². The smallest absolute Gasteiger partial charge is 0.328 e. The summed E-state index contributed by atoms with van der Waals surface area (Å²) < 4.78 is 22.7. The Bertz CT molecular complexity index is 232. The topological polar surface area (TPSA) is 75.3 Å². The van der Waals surface area contributed by atoms with Crippen LogP contribution in [0.15, 0.2) is 0 Å². The molecule has 0 aromatic rings. The maximum Gasteiger partial charge on any atom is 0.328 e. The fourth-order valence-electron chi connectivity index (χ4n) is 0.460. The lowest BCUT2D eigenvalue weighted by Crippen LogP contribution is -2.41. The highest BCUT2D eigenvalue weighted by molar-refractivity contribution is 7.89. The first-order chi connectivity index (χ1) is 4.81. The van der Waals surface area contributed by atoms with Crippen molar-refractivity contribution in [2.45, 2.75) is 19.9 Å². The average Bonchev–Trinajstić information content (AvgIpc) is 1.53. The summed E-state index contributed by atoms with van der Waals surface area (Å²) in [7, 11) is -3.43. The Morgan fingerprint density at radius 2 is 1.82 bits per heavy atom. The van der Waals surface area contributed by atoms with Gasteiger partial charge in [-0.3, -0.25) is 0 Å². The van der Waals surface area contributed by atoms with Gasteiger partial charge in [0.05, 0.1) is 6.26 Å². The molecule has 6 heteroatoms. The molecule has 0 saturated carbocycles. The van der Waals surface area contributed by atoms with Crippen molar-refractivity contribution in [2.75, 3.05) is 6.26 Å². The molecule has 0 aromatic heterocycles. The van der Waals surface area contributed by atoms with Gasteiger partial charge in [-0.25, -0.2) is 17.9 Å². The van der Waals surface area contributed by atoms with Gasteiger partial charge in [0, 0.05) is 6.04 Å². The number of nitrogens with one attached hydrogen (secondary N) is 2. The van der Waals surface area contributed by atoms with Crippen molar-refractivity contribution >= 4 is 16.1 Å². The van der Waals surface area contributed by atoms with E-state index in [0.717, 1.165) is 6.26 Å². The van der Waals surface area contributed by atoms with Crippen LogP contribution in [0.1, 0.15) is 13.8 Å². The third-order valence-corrected chi connectivity index (χ3v) is 1.25. The van der Waals surface area contributed by atoms with Gasteiger partial charge in [-0.15, -0.1) is 0 Å². The molecule has 0 spiro atoms. The second kappa shape index (κ2) is 3.56. The number of urea groups is 1. The van der Waals surface area contributed by atoms with Crippen molar-refractivity contribution in [3.63, 3.8) is 0 Å². The van der Waals surface area contributed by atoms with Crippen LogP contribution < -0.4 is 10.0 Å². The number of hydrogen-bond donors (Lipinski definition) is 2. The number of sulfonamides is 1. The number of hydrogen-bond acceptors (Lipinski definition) is 3. The van der Waals surface area contributed by atoms with E-state index in [0.29, 0.717) is 0 Å². The van der Waals surface area contributed by atoms with Crippen LogP contribution in [0.25, 0.3) is 0 Å². The summed E-state index contributed by atoms with van der Waals surface area (Å²) in [6.07, 6.45) is 0.924. The highest BCUT2D eigenvalue weighted by Gasteiger charge is 2.07. The van der Waals surface area contributed by atoms with Crippen LogP contribution in [0.4, 0.5) is 4.79 Å². The molecule has 0 fully saturated rings. The van der Waals surface area contributed by atoms with E-state index in [1.807, 2.05) is 0 Å². The largest absolute Gasteiger partial charge is 0.335 e. The molecule has 11 heavy (non-hydrogen) atoms. The quantitative estimate of drug-likeness (QED) is 0.610. The van der Waals surface area contributed by atoms with Crippen LogP contribution >= 0.6 is 0 Å². The summed E-state index contributed by atoms with van der Waals surface area (Å²) in [5, 5.41) is 2.37. The first-order valence-electron chi connectivity index (χ1n) is 3.09. The fraction of sp³-hybridized carbons (Fsp3) is 0.800. The lowest BCUT2D eigenvalue weighted by Gasteiger charge is -2.07. The normalized spacial score (nSPS) is 11.3. The van der Waals surface area contributed by atoms with E-state index >= 15 is 0 Å². The van der Waals surface area contributed by atoms with Gasteiger partial charge < -0.3 is 5.32 Å². The zero-order chi connectivity index (χ0) is 9.07. The van der Waals surface area contributed by atoms with Crippen molar-refractivity contribution in [3.05, 3.63) is 0 Å². The van der Waals surface area contributed by atoms with Gasteiger partial charge in [0.2, 0.25) is 10.0 Å². The maximum atomic E-state index is 10.7.